The topological polar surface area (TPSA) is 54.5 Å². The second-order valence-electron chi connectivity index (χ2n) is 6.49. The van der Waals surface area contributed by atoms with E-state index < -0.39 is 0 Å². The quantitative estimate of drug-likeness (QED) is 0.833. The number of carbonyl (C=O) groups excluding carboxylic acids is 1. The third kappa shape index (κ3) is 5.70. The lowest BCUT2D eigenvalue weighted by molar-refractivity contribution is -0.119. The van der Waals surface area contributed by atoms with Gasteiger partial charge in [0, 0.05) is 38.8 Å². The van der Waals surface area contributed by atoms with Gasteiger partial charge in [-0.25, -0.2) is 0 Å². The molecule has 3 rings (SSSR count). The van der Waals surface area contributed by atoms with Crippen LogP contribution in [0, 0.1) is 0 Å². The fraction of sp³-hybridized carbons (Fsp3) is 0.333. The number of rotatable bonds is 7. The average Bonchev–Trinajstić information content (AvgIpc) is 3.08. The van der Waals surface area contributed by atoms with Crippen LogP contribution in [0.4, 0.5) is 0 Å². The molecule has 1 atom stereocenters. The van der Waals surface area contributed by atoms with Crippen molar-refractivity contribution in [1.29, 1.82) is 0 Å². The largest absolute Gasteiger partial charge is 0.489 e. The SMILES string of the molecule is CC(=O)NCc1cc(OC2CCN(C/C=C/c3ccccc3)C2)ccn1. The molecule has 1 unspecified atom stereocenters. The lowest BCUT2D eigenvalue weighted by Crippen LogP contribution is -2.25. The molecule has 1 aliphatic heterocycles. The fourth-order valence-electron chi connectivity index (χ4n) is 2.99. The summed E-state index contributed by atoms with van der Waals surface area (Å²) in [6.45, 7) is 4.81. The summed E-state index contributed by atoms with van der Waals surface area (Å²) < 4.78 is 6.10. The van der Waals surface area contributed by atoms with E-state index in [0.717, 1.165) is 37.5 Å². The molecule has 0 bridgehead atoms. The predicted octanol–water partition coefficient (Wildman–Crippen LogP) is 2.88. The number of nitrogens with zero attached hydrogens (tertiary/aromatic N) is 2. The highest BCUT2D eigenvalue weighted by Crippen LogP contribution is 2.19. The van der Waals surface area contributed by atoms with Crippen molar-refractivity contribution in [3.05, 3.63) is 66.0 Å². The number of hydrogen-bond donors (Lipinski definition) is 1. The molecule has 0 saturated carbocycles. The van der Waals surface area contributed by atoms with Crippen molar-refractivity contribution in [2.75, 3.05) is 19.6 Å². The van der Waals surface area contributed by atoms with E-state index in [4.69, 9.17) is 4.74 Å². The Balaban J connectivity index is 1.46. The van der Waals surface area contributed by atoms with E-state index in [1.165, 1.54) is 12.5 Å². The number of benzene rings is 1. The molecule has 1 amide bonds. The first-order valence-corrected chi connectivity index (χ1v) is 8.99. The van der Waals surface area contributed by atoms with Crippen LogP contribution in [0.15, 0.2) is 54.7 Å². The molecule has 5 nitrogen and oxygen atoms in total. The summed E-state index contributed by atoms with van der Waals surface area (Å²) in [6.07, 6.45) is 7.29. The maximum Gasteiger partial charge on any atom is 0.217 e. The second kappa shape index (κ2) is 9.15. The van der Waals surface area contributed by atoms with Crippen LogP contribution >= 0.6 is 0 Å². The Morgan fingerprint density at radius 1 is 1.35 bits per heavy atom. The Morgan fingerprint density at radius 3 is 3.00 bits per heavy atom. The number of likely N-dealkylation sites (tertiary alicyclic amines) is 1. The number of nitrogens with one attached hydrogen (secondary N) is 1. The maximum atomic E-state index is 11.0. The number of carbonyl (C=O) groups is 1. The molecule has 26 heavy (non-hydrogen) atoms. The molecule has 1 saturated heterocycles. The zero-order chi connectivity index (χ0) is 18.2. The number of pyridine rings is 1. The summed E-state index contributed by atoms with van der Waals surface area (Å²) in [5.74, 6) is 0.750. The minimum absolute atomic E-state index is 0.0619. The molecular formula is C21H25N3O2. The van der Waals surface area contributed by atoms with Gasteiger partial charge in [0.25, 0.3) is 0 Å². The van der Waals surface area contributed by atoms with Crippen molar-refractivity contribution in [1.82, 2.24) is 15.2 Å². The molecule has 1 N–H and O–H groups in total. The molecule has 0 radical (unpaired) electrons. The Bertz CT molecular complexity index is 746. The summed E-state index contributed by atoms with van der Waals surface area (Å²) in [5.41, 5.74) is 2.03. The van der Waals surface area contributed by atoms with Crippen LogP contribution in [0.25, 0.3) is 6.08 Å². The molecule has 1 aromatic carbocycles. The van der Waals surface area contributed by atoms with Gasteiger partial charge in [0.2, 0.25) is 5.91 Å². The highest BCUT2D eigenvalue weighted by atomic mass is 16.5. The van der Waals surface area contributed by atoms with E-state index >= 15 is 0 Å². The molecular weight excluding hydrogens is 326 g/mol. The van der Waals surface area contributed by atoms with Crippen LogP contribution in [0.5, 0.6) is 5.75 Å². The number of aromatic nitrogens is 1. The van der Waals surface area contributed by atoms with Crippen molar-refractivity contribution < 1.29 is 9.53 Å². The monoisotopic (exact) mass is 351 g/mol. The predicted molar refractivity (Wildman–Crippen MR) is 103 cm³/mol. The number of ether oxygens (including phenoxy) is 1. The molecule has 1 aliphatic rings. The lowest BCUT2D eigenvalue weighted by atomic mass is 10.2. The molecule has 0 aliphatic carbocycles. The van der Waals surface area contributed by atoms with E-state index in [2.05, 4.69) is 39.5 Å². The molecule has 1 fully saturated rings. The average molecular weight is 351 g/mol. The minimum Gasteiger partial charge on any atom is -0.489 e. The van der Waals surface area contributed by atoms with Crippen LogP contribution in [0.1, 0.15) is 24.6 Å². The number of hydrogen-bond acceptors (Lipinski definition) is 4. The Kier molecular flexibility index (Phi) is 6.39. The normalized spacial score (nSPS) is 17.5. The van der Waals surface area contributed by atoms with Gasteiger partial charge in [-0.2, -0.15) is 0 Å². The Hall–Kier alpha value is -2.66. The van der Waals surface area contributed by atoms with E-state index in [1.54, 1.807) is 6.20 Å². The highest BCUT2D eigenvalue weighted by Gasteiger charge is 2.23. The van der Waals surface area contributed by atoms with Crippen molar-refractivity contribution in [2.45, 2.75) is 26.0 Å². The molecule has 2 heterocycles. The minimum atomic E-state index is -0.0619. The van der Waals surface area contributed by atoms with Crippen molar-refractivity contribution >= 4 is 12.0 Å². The summed E-state index contributed by atoms with van der Waals surface area (Å²) in [7, 11) is 0. The van der Waals surface area contributed by atoms with Gasteiger partial charge in [-0.15, -0.1) is 0 Å². The third-order valence-corrected chi connectivity index (χ3v) is 4.31. The van der Waals surface area contributed by atoms with Crippen LogP contribution in [0.2, 0.25) is 0 Å². The Labute approximate surface area is 154 Å². The first-order chi connectivity index (χ1) is 12.7. The summed E-state index contributed by atoms with van der Waals surface area (Å²) >= 11 is 0. The summed E-state index contributed by atoms with van der Waals surface area (Å²) in [6, 6.07) is 14.1. The van der Waals surface area contributed by atoms with E-state index in [0.29, 0.717) is 6.54 Å². The first kappa shape index (κ1) is 18.1. The molecule has 136 valence electrons. The maximum absolute atomic E-state index is 11.0. The molecule has 0 spiro atoms. The van der Waals surface area contributed by atoms with Gasteiger partial charge in [0.05, 0.1) is 12.2 Å². The fourth-order valence-corrected chi connectivity index (χ4v) is 2.99. The lowest BCUT2D eigenvalue weighted by Gasteiger charge is -2.16. The van der Waals surface area contributed by atoms with E-state index in [-0.39, 0.29) is 12.0 Å². The standard InChI is InChI=1S/C21H25N3O2/c1-17(25)23-15-19-14-20(9-11-22-19)26-21-10-13-24(16-21)12-5-8-18-6-3-2-4-7-18/h2-9,11,14,21H,10,12-13,15-16H2,1H3,(H,23,25)/b8-5+. The smallest absolute Gasteiger partial charge is 0.217 e. The zero-order valence-corrected chi connectivity index (χ0v) is 15.1. The van der Waals surface area contributed by atoms with Gasteiger partial charge in [0.15, 0.2) is 0 Å². The highest BCUT2D eigenvalue weighted by molar-refractivity contribution is 5.72. The number of amides is 1. The van der Waals surface area contributed by atoms with Gasteiger partial charge in [-0.3, -0.25) is 14.7 Å². The van der Waals surface area contributed by atoms with Gasteiger partial charge < -0.3 is 10.1 Å². The van der Waals surface area contributed by atoms with Gasteiger partial charge >= 0.3 is 0 Å². The molecule has 5 heteroatoms. The Morgan fingerprint density at radius 2 is 2.19 bits per heavy atom. The summed E-state index contributed by atoms with van der Waals surface area (Å²) in [5, 5.41) is 2.75. The van der Waals surface area contributed by atoms with E-state index in [9.17, 15) is 4.79 Å². The first-order valence-electron chi connectivity index (χ1n) is 8.99. The second-order valence-corrected chi connectivity index (χ2v) is 6.49. The van der Waals surface area contributed by atoms with Gasteiger partial charge in [-0.05, 0) is 18.1 Å². The van der Waals surface area contributed by atoms with Gasteiger partial charge in [0.1, 0.15) is 11.9 Å². The molecule has 2 aromatic rings. The van der Waals surface area contributed by atoms with Gasteiger partial charge in [-0.1, -0.05) is 42.5 Å². The van der Waals surface area contributed by atoms with Crippen molar-refractivity contribution in [2.24, 2.45) is 0 Å². The van der Waals surface area contributed by atoms with Crippen molar-refractivity contribution in [3.8, 4) is 5.75 Å². The molecule has 1 aromatic heterocycles. The van der Waals surface area contributed by atoms with Crippen LogP contribution in [-0.2, 0) is 11.3 Å². The third-order valence-electron chi connectivity index (χ3n) is 4.31. The van der Waals surface area contributed by atoms with Crippen LogP contribution in [0.3, 0.4) is 0 Å². The van der Waals surface area contributed by atoms with E-state index in [1.807, 2.05) is 30.3 Å². The zero-order valence-electron chi connectivity index (χ0n) is 15.1. The van der Waals surface area contributed by atoms with Crippen LogP contribution in [-0.4, -0.2) is 41.5 Å². The van der Waals surface area contributed by atoms with Crippen LogP contribution < -0.4 is 10.1 Å². The van der Waals surface area contributed by atoms with Crippen molar-refractivity contribution in [3.63, 3.8) is 0 Å². The summed E-state index contributed by atoms with van der Waals surface area (Å²) in [4.78, 5) is 17.7.